The molecular formula is C16H16O3. The van der Waals surface area contributed by atoms with Crippen molar-refractivity contribution in [1.82, 2.24) is 0 Å². The first-order valence-electron chi connectivity index (χ1n) is 6.13. The zero-order valence-electron chi connectivity index (χ0n) is 10.9. The van der Waals surface area contributed by atoms with Crippen LogP contribution in [-0.4, -0.2) is 16.2 Å². The summed E-state index contributed by atoms with van der Waals surface area (Å²) >= 11 is 0. The molecule has 0 aliphatic heterocycles. The van der Waals surface area contributed by atoms with Crippen molar-refractivity contribution in [3.63, 3.8) is 0 Å². The monoisotopic (exact) mass is 256 g/mol. The van der Waals surface area contributed by atoms with Gasteiger partial charge < -0.3 is 10.2 Å². The predicted molar refractivity (Wildman–Crippen MR) is 73.8 cm³/mol. The normalized spacial score (nSPS) is 12.1. The molecule has 98 valence electrons. The van der Waals surface area contributed by atoms with Gasteiger partial charge in [-0.05, 0) is 24.1 Å². The summed E-state index contributed by atoms with van der Waals surface area (Å²) in [5, 5.41) is 19.1. The Bertz CT molecular complexity index is 617. The Kier molecular flexibility index (Phi) is 3.56. The molecule has 1 unspecified atom stereocenters. The van der Waals surface area contributed by atoms with Gasteiger partial charge >= 0.3 is 5.97 Å². The Labute approximate surface area is 112 Å². The van der Waals surface area contributed by atoms with Crippen LogP contribution >= 0.6 is 0 Å². The molecule has 2 aromatic carbocycles. The molecular weight excluding hydrogens is 240 g/mol. The van der Waals surface area contributed by atoms with E-state index in [1.54, 1.807) is 12.1 Å². The van der Waals surface area contributed by atoms with E-state index in [0.717, 1.165) is 11.1 Å². The highest BCUT2D eigenvalue weighted by Crippen LogP contribution is 2.34. The third-order valence-corrected chi connectivity index (χ3v) is 3.42. The Balaban J connectivity index is 2.51. The largest absolute Gasteiger partial charge is 0.507 e. The molecule has 0 saturated carbocycles. The summed E-state index contributed by atoms with van der Waals surface area (Å²) in [6.07, 6.45) is 0. The van der Waals surface area contributed by atoms with Crippen molar-refractivity contribution in [2.75, 3.05) is 0 Å². The maximum Gasteiger partial charge on any atom is 0.339 e. The van der Waals surface area contributed by atoms with E-state index in [2.05, 4.69) is 0 Å². The van der Waals surface area contributed by atoms with Crippen LogP contribution in [0.25, 0.3) is 0 Å². The highest BCUT2D eigenvalue weighted by molar-refractivity contribution is 5.91. The smallest absolute Gasteiger partial charge is 0.339 e. The number of aryl methyl sites for hydroxylation is 1. The molecule has 2 rings (SSSR count). The van der Waals surface area contributed by atoms with E-state index < -0.39 is 5.97 Å². The second kappa shape index (κ2) is 5.14. The Morgan fingerprint density at radius 3 is 2.32 bits per heavy atom. The third kappa shape index (κ3) is 2.45. The Morgan fingerprint density at radius 2 is 1.68 bits per heavy atom. The summed E-state index contributed by atoms with van der Waals surface area (Å²) in [5.41, 5.74) is 2.78. The minimum atomic E-state index is -1.11. The molecule has 19 heavy (non-hydrogen) atoms. The molecule has 2 aromatic rings. The number of aromatic hydroxyl groups is 1. The second-order valence-corrected chi connectivity index (χ2v) is 4.63. The first kappa shape index (κ1) is 13.1. The van der Waals surface area contributed by atoms with Gasteiger partial charge in [0.15, 0.2) is 0 Å². The van der Waals surface area contributed by atoms with Crippen molar-refractivity contribution in [3.05, 3.63) is 64.7 Å². The van der Waals surface area contributed by atoms with Crippen LogP contribution in [-0.2, 0) is 0 Å². The van der Waals surface area contributed by atoms with E-state index >= 15 is 0 Å². The molecule has 0 amide bonds. The number of rotatable bonds is 3. The highest BCUT2D eigenvalue weighted by atomic mass is 16.4. The van der Waals surface area contributed by atoms with Crippen LogP contribution in [0.3, 0.4) is 0 Å². The van der Waals surface area contributed by atoms with Crippen LogP contribution in [0.1, 0.15) is 39.9 Å². The van der Waals surface area contributed by atoms with Gasteiger partial charge in [-0.15, -0.1) is 0 Å². The number of aromatic carboxylic acids is 1. The van der Waals surface area contributed by atoms with Crippen molar-refractivity contribution in [2.45, 2.75) is 19.8 Å². The fraction of sp³-hybridized carbons (Fsp3) is 0.188. The van der Waals surface area contributed by atoms with E-state index in [4.69, 9.17) is 5.11 Å². The van der Waals surface area contributed by atoms with Gasteiger partial charge in [0.1, 0.15) is 11.3 Å². The molecule has 3 heteroatoms. The Hall–Kier alpha value is -2.29. The highest BCUT2D eigenvalue weighted by Gasteiger charge is 2.19. The molecule has 0 heterocycles. The first-order chi connectivity index (χ1) is 9.02. The lowest BCUT2D eigenvalue weighted by atomic mass is 9.88. The van der Waals surface area contributed by atoms with Crippen LogP contribution in [0.15, 0.2) is 42.5 Å². The number of hydrogen-bond donors (Lipinski definition) is 2. The third-order valence-electron chi connectivity index (χ3n) is 3.42. The lowest BCUT2D eigenvalue weighted by Gasteiger charge is -2.17. The molecule has 1 atom stereocenters. The molecule has 0 aliphatic rings. The second-order valence-electron chi connectivity index (χ2n) is 4.63. The zero-order valence-corrected chi connectivity index (χ0v) is 10.9. The molecule has 0 bridgehead atoms. The maximum atomic E-state index is 11.0. The van der Waals surface area contributed by atoms with Crippen molar-refractivity contribution in [1.29, 1.82) is 0 Å². The number of carboxylic acids is 1. The SMILES string of the molecule is Cc1ccccc1C(C)c1cccc(C(=O)O)c1O. The van der Waals surface area contributed by atoms with Gasteiger partial charge in [0.2, 0.25) is 0 Å². The van der Waals surface area contributed by atoms with Crippen molar-refractivity contribution in [3.8, 4) is 5.75 Å². The first-order valence-corrected chi connectivity index (χ1v) is 6.13. The summed E-state index contributed by atoms with van der Waals surface area (Å²) in [6.45, 7) is 3.97. The maximum absolute atomic E-state index is 11.0. The van der Waals surface area contributed by atoms with E-state index in [1.807, 2.05) is 38.1 Å². The van der Waals surface area contributed by atoms with Gasteiger partial charge in [0, 0.05) is 11.5 Å². The van der Waals surface area contributed by atoms with Crippen LogP contribution in [0.4, 0.5) is 0 Å². The molecule has 3 nitrogen and oxygen atoms in total. The molecule has 0 aromatic heterocycles. The summed E-state index contributed by atoms with van der Waals surface area (Å²) in [7, 11) is 0. The van der Waals surface area contributed by atoms with Crippen molar-refractivity contribution < 1.29 is 15.0 Å². The number of benzene rings is 2. The van der Waals surface area contributed by atoms with Gasteiger partial charge in [0.05, 0.1) is 0 Å². The fourth-order valence-corrected chi connectivity index (χ4v) is 2.32. The molecule has 2 N–H and O–H groups in total. The quantitative estimate of drug-likeness (QED) is 0.882. The standard InChI is InChI=1S/C16H16O3/c1-10-6-3-4-7-12(10)11(2)13-8-5-9-14(15(13)17)16(18)19/h3-9,11,17H,1-2H3,(H,18,19). The average Bonchev–Trinajstić information content (AvgIpc) is 2.38. The molecule has 0 fully saturated rings. The number of carbonyl (C=O) groups is 1. The van der Waals surface area contributed by atoms with Crippen molar-refractivity contribution in [2.24, 2.45) is 0 Å². The summed E-state index contributed by atoms with van der Waals surface area (Å²) in [5.74, 6) is -1.32. The topological polar surface area (TPSA) is 57.5 Å². The van der Waals surface area contributed by atoms with Crippen LogP contribution in [0.2, 0.25) is 0 Å². The van der Waals surface area contributed by atoms with Crippen molar-refractivity contribution >= 4 is 5.97 Å². The van der Waals surface area contributed by atoms with Gasteiger partial charge in [-0.2, -0.15) is 0 Å². The molecule has 0 aliphatic carbocycles. The summed E-state index contributed by atoms with van der Waals surface area (Å²) in [6, 6.07) is 12.7. The molecule has 0 radical (unpaired) electrons. The number of carboxylic acid groups (broad SMARTS) is 1. The number of hydrogen-bond acceptors (Lipinski definition) is 2. The van der Waals surface area contributed by atoms with E-state index in [-0.39, 0.29) is 17.2 Å². The lowest BCUT2D eigenvalue weighted by Crippen LogP contribution is -2.03. The summed E-state index contributed by atoms with van der Waals surface area (Å²) < 4.78 is 0. The lowest BCUT2D eigenvalue weighted by molar-refractivity contribution is 0.0693. The van der Waals surface area contributed by atoms with Crippen LogP contribution in [0.5, 0.6) is 5.75 Å². The van der Waals surface area contributed by atoms with E-state index in [0.29, 0.717) is 5.56 Å². The number of phenols is 1. The number of para-hydroxylation sites is 1. The molecule has 0 saturated heterocycles. The van der Waals surface area contributed by atoms with Gasteiger partial charge in [0.25, 0.3) is 0 Å². The molecule has 0 spiro atoms. The minimum Gasteiger partial charge on any atom is -0.507 e. The van der Waals surface area contributed by atoms with Crippen LogP contribution < -0.4 is 0 Å². The van der Waals surface area contributed by atoms with Gasteiger partial charge in [-0.1, -0.05) is 43.3 Å². The Morgan fingerprint density at radius 1 is 1.05 bits per heavy atom. The van der Waals surface area contributed by atoms with E-state index in [1.165, 1.54) is 6.07 Å². The fourth-order valence-electron chi connectivity index (χ4n) is 2.32. The van der Waals surface area contributed by atoms with E-state index in [9.17, 15) is 9.90 Å². The van der Waals surface area contributed by atoms with Gasteiger partial charge in [-0.3, -0.25) is 0 Å². The predicted octanol–water partition coefficient (Wildman–Crippen LogP) is 3.55. The summed E-state index contributed by atoms with van der Waals surface area (Å²) in [4.78, 5) is 11.0. The van der Waals surface area contributed by atoms with Gasteiger partial charge in [-0.25, -0.2) is 4.79 Å². The van der Waals surface area contributed by atoms with Crippen LogP contribution in [0, 0.1) is 6.92 Å². The zero-order chi connectivity index (χ0) is 14.0. The minimum absolute atomic E-state index is 0.0551. The average molecular weight is 256 g/mol.